The molecule has 0 spiro atoms. The quantitative estimate of drug-likeness (QED) is 0.846. The number of aliphatic hydroxyl groups excluding tert-OH is 1. The summed E-state index contributed by atoms with van der Waals surface area (Å²) in [7, 11) is 0. The SMILES string of the molecule is CCC(O)CCc1nc(Oc2ccc(Br)cc2)cs1. The van der Waals surface area contributed by atoms with Crippen molar-refractivity contribution in [3.63, 3.8) is 0 Å². The van der Waals surface area contributed by atoms with Crippen LogP contribution in [0.5, 0.6) is 11.6 Å². The predicted octanol–water partition coefficient (Wildman–Crippen LogP) is 4.40. The van der Waals surface area contributed by atoms with Crippen LogP contribution in [0.25, 0.3) is 0 Å². The molecule has 0 aliphatic carbocycles. The molecule has 19 heavy (non-hydrogen) atoms. The number of hydrogen-bond acceptors (Lipinski definition) is 4. The van der Waals surface area contributed by atoms with Crippen molar-refractivity contribution in [2.24, 2.45) is 0 Å². The lowest BCUT2D eigenvalue weighted by molar-refractivity contribution is 0.160. The van der Waals surface area contributed by atoms with Gasteiger partial charge in [0.25, 0.3) is 0 Å². The van der Waals surface area contributed by atoms with Crippen LogP contribution in [0.1, 0.15) is 24.8 Å². The van der Waals surface area contributed by atoms with Gasteiger partial charge in [0, 0.05) is 10.9 Å². The van der Waals surface area contributed by atoms with Crippen LogP contribution < -0.4 is 4.74 Å². The van der Waals surface area contributed by atoms with Crippen molar-refractivity contribution in [1.82, 2.24) is 4.98 Å². The molecule has 1 unspecified atom stereocenters. The third kappa shape index (κ3) is 4.60. The summed E-state index contributed by atoms with van der Waals surface area (Å²) in [4.78, 5) is 4.41. The summed E-state index contributed by atoms with van der Waals surface area (Å²) < 4.78 is 6.68. The minimum absolute atomic E-state index is 0.236. The number of ether oxygens (including phenoxy) is 1. The standard InChI is InChI=1S/C14H16BrNO2S/c1-2-11(17)5-8-14-16-13(9-19-14)18-12-6-3-10(15)4-7-12/h3-4,6-7,9,11,17H,2,5,8H2,1H3. The summed E-state index contributed by atoms with van der Waals surface area (Å²) in [5.74, 6) is 1.39. The molecule has 0 amide bonds. The van der Waals surface area contributed by atoms with Gasteiger partial charge in [0.1, 0.15) is 5.75 Å². The maximum absolute atomic E-state index is 9.53. The first kappa shape index (κ1) is 14.5. The fourth-order valence-electron chi connectivity index (χ4n) is 1.57. The first-order valence-electron chi connectivity index (χ1n) is 6.23. The number of thiazole rings is 1. The molecule has 0 fully saturated rings. The van der Waals surface area contributed by atoms with Gasteiger partial charge in [0.2, 0.25) is 5.88 Å². The van der Waals surface area contributed by atoms with Gasteiger partial charge in [-0.25, -0.2) is 4.98 Å². The van der Waals surface area contributed by atoms with Crippen LogP contribution in [0.3, 0.4) is 0 Å². The molecule has 1 aromatic carbocycles. The second kappa shape index (κ2) is 7.03. The Hall–Kier alpha value is -0.910. The molecular formula is C14H16BrNO2S. The second-order valence-corrected chi connectivity index (χ2v) is 6.09. The molecule has 1 atom stereocenters. The van der Waals surface area contributed by atoms with Gasteiger partial charge < -0.3 is 9.84 Å². The molecule has 5 heteroatoms. The molecule has 0 radical (unpaired) electrons. The molecule has 2 aromatic rings. The van der Waals surface area contributed by atoms with Crippen LogP contribution in [0, 0.1) is 0 Å². The summed E-state index contributed by atoms with van der Waals surface area (Å²) in [6.45, 7) is 1.98. The average Bonchev–Trinajstić information content (AvgIpc) is 2.86. The van der Waals surface area contributed by atoms with Gasteiger partial charge >= 0.3 is 0 Å². The molecule has 0 saturated carbocycles. The van der Waals surface area contributed by atoms with Gasteiger partial charge in [-0.05, 0) is 37.1 Å². The third-order valence-electron chi connectivity index (χ3n) is 2.73. The van der Waals surface area contributed by atoms with E-state index in [0.29, 0.717) is 5.88 Å². The normalized spacial score (nSPS) is 12.4. The largest absolute Gasteiger partial charge is 0.438 e. The summed E-state index contributed by atoms with van der Waals surface area (Å²) >= 11 is 4.95. The molecular weight excluding hydrogens is 326 g/mol. The number of nitrogens with zero attached hydrogens (tertiary/aromatic N) is 1. The van der Waals surface area contributed by atoms with Crippen molar-refractivity contribution < 1.29 is 9.84 Å². The zero-order valence-electron chi connectivity index (χ0n) is 10.7. The Morgan fingerprint density at radius 1 is 1.37 bits per heavy atom. The first-order chi connectivity index (χ1) is 9.17. The van der Waals surface area contributed by atoms with Crippen LogP contribution in [-0.2, 0) is 6.42 Å². The lowest BCUT2D eigenvalue weighted by atomic mass is 10.1. The maximum Gasteiger partial charge on any atom is 0.230 e. The highest BCUT2D eigenvalue weighted by molar-refractivity contribution is 9.10. The molecule has 0 aliphatic heterocycles. The maximum atomic E-state index is 9.53. The van der Waals surface area contributed by atoms with Gasteiger partial charge in [-0.2, -0.15) is 0 Å². The minimum Gasteiger partial charge on any atom is -0.438 e. The Bertz CT molecular complexity index is 512. The van der Waals surface area contributed by atoms with Crippen LogP contribution in [0.4, 0.5) is 0 Å². The second-order valence-electron chi connectivity index (χ2n) is 4.24. The van der Waals surface area contributed by atoms with Crippen molar-refractivity contribution in [3.05, 3.63) is 39.1 Å². The van der Waals surface area contributed by atoms with Crippen LogP contribution >= 0.6 is 27.3 Å². The Labute approximate surface area is 125 Å². The number of aromatic nitrogens is 1. The summed E-state index contributed by atoms with van der Waals surface area (Å²) in [5.41, 5.74) is 0. The first-order valence-corrected chi connectivity index (χ1v) is 7.90. The molecule has 3 nitrogen and oxygen atoms in total. The fraction of sp³-hybridized carbons (Fsp3) is 0.357. The van der Waals surface area contributed by atoms with Crippen LogP contribution in [0.2, 0.25) is 0 Å². The smallest absolute Gasteiger partial charge is 0.230 e. The van der Waals surface area contributed by atoms with Gasteiger partial charge in [0.15, 0.2) is 0 Å². The number of hydrogen-bond donors (Lipinski definition) is 1. The Kier molecular flexibility index (Phi) is 5.36. The molecule has 0 saturated heterocycles. The Morgan fingerprint density at radius 3 is 2.79 bits per heavy atom. The number of aliphatic hydroxyl groups is 1. The van der Waals surface area contributed by atoms with E-state index in [0.717, 1.165) is 34.5 Å². The highest BCUT2D eigenvalue weighted by Crippen LogP contribution is 2.25. The van der Waals surface area contributed by atoms with Gasteiger partial charge in [-0.1, -0.05) is 22.9 Å². The van der Waals surface area contributed by atoms with Crippen molar-refractivity contribution in [2.45, 2.75) is 32.3 Å². The fourth-order valence-corrected chi connectivity index (χ4v) is 2.55. The highest BCUT2D eigenvalue weighted by Gasteiger charge is 2.07. The number of rotatable bonds is 6. The van der Waals surface area contributed by atoms with Crippen molar-refractivity contribution in [3.8, 4) is 11.6 Å². The van der Waals surface area contributed by atoms with E-state index in [1.807, 2.05) is 36.6 Å². The zero-order chi connectivity index (χ0) is 13.7. The highest BCUT2D eigenvalue weighted by atomic mass is 79.9. The van der Waals surface area contributed by atoms with Crippen molar-refractivity contribution >= 4 is 27.3 Å². The molecule has 1 aromatic heterocycles. The van der Waals surface area contributed by atoms with E-state index in [-0.39, 0.29) is 6.10 Å². The molecule has 102 valence electrons. The van der Waals surface area contributed by atoms with E-state index in [1.54, 1.807) is 11.3 Å². The summed E-state index contributed by atoms with van der Waals surface area (Å²) in [6, 6.07) is 7.65. The Morgan fingerprint density at radius 2 is 2.11 bits per heavy atom. The molecule has 1 heterocycles. The lowest BCUT2D eigenvalue weighted by Crippen LogP contribution is -2.05. The molecule has 0 bridgehead atoms. The number of aryl methyl sites for hydroxylation is 1. The number of benzene rings is 1. The minimum atomic E-state index is -0.236. The summed E-state index contributed by atoms with van der Waals surface area (Å²) in [6.07, 6.45) is 2.10. The number of halogens is 1. The molecule has 0 aliphatic rings. The molecule has 2 rings (SSSR count). The Balaban J connectivity index is 1.91. The monoisotopic (exact) mass is 341 g/mol. The van der Waals surface area contributed by atoms with Gasteiger partial charge in [0.05, 0.1) is 16.5 Å². The van der Waals surface area contributed by atoms with E-state index in [1.165, 1.54) is 0 Å². The van der Waals surface area contributed by atoms with Crippen molar-refractivity contribution in [2.75, 3.05) is 0 Å². The lowest BCUT2D eigenvalue weighted by Gasteiger charge is -2.04. The third-order valence-corrected chi connectivity index (χ3v) is 4.15. The van der Waals surface area contributed by atoms with E-state index in [2.05, 4.69) is 20.9 Å². The van der Waals surface area contributed by atoms with Crippen molar-refractivity contribution in [1.29, 1.82) is 0 Å². The van der Waals surface area contributed by atoms with Gasteiger partial charge in [-0.3, -0.25) is 0 Å². The topological polar surface area (TPSA) is 42.4 Å². The predicted molar refractivity (Wildman–Crippen MR) is 80.9 cm³/mol. The van der Waals surface area contributed by atoms with E-state index in [4.69, 9.17) is 4.74 Å². The zero-order valence-corrected chi connectivity index (χ0v) is 13.1. The van der Waals surface area contributed by atoms with Crippen LogP contribution in [-0.4, -0.2) is 16.2 Å². The van der Waals surface area contributed by atoms with Gasteiger partial charge in [-0.15, -0.1) is 11.3 Å². The average molecular weight is 342 g/mol. The summed E-state index contributed by atoms with van der Waals surface area (Å²) in [5, 5.41) is 12.4. The van der Waals surface area contributed by atoms with E-state index in [9.17, 15) is 5.11 Å². The van der Waals surface area contributed by atoms with Crippen LogP contribution in [0.15, 0.2) is 34.1 Å². The van der Waals surface area contributed by atoms with E-state index < -0.39 is 0 Å². The van der Waals surface area contributed by atoms with E-state index >= 15 is 0 Å². The molecule has 1 N–H and O–H groups in total.